The number of hydrogen-bond donors (Lipinski definition) is 2. The molecule has 0 heterocycles. The Bertz CT molecular complexity index is 283. The van der Waals surface area contributed by atoms with E-state index >= 15 is 0 Å². The van der Waals surface area contributed by atoms with Crippen molar-refractivity contribution in [1.29, 1.82) is 0 Å². The number of unbranched alkanes of at least 4 members (excludes halogenated alkanes) is 1. The predicted molar refractivity (Wildman–Crippen MR) is 59.0 cm³/mol. The van der Waals surface area contributed by atoms with Crippen molar-refractivity contribution in [2.75, 3.05) is 0 Å². The summed E-state index contributed by atoms with van der Waals surface area (Å²) in [6.45, 7) is 0. The number of carboxylic acid groups (broad SMARTS) is 1. The Morgan fingerprint density at radius 2 is 2.19 bits per heavy atom. The molecule has 1 rings (SSSR count). The van der Waals surface area contributed by atoms with Crippen LogP contribution in [0.3, 0.4) is 0 Å². The topological polar surface area (TPSA) is 74.6 Å². The number of carbonyl (C=O) groups excluding carboxylic acids is 1. The smallest absolute Gasteiger partial charge is 0.303 e. The van der Waals surface area contributed by atoms with Gasteiger partial charge in [0.15, 0.2) is 0 Å². The van der Waals surface area contributed by atoms with Gasteiger partial charge < -0.3 is 10.2 Å². The Kier molecular flexibility index (Phi) is 5.19. The summed E-state index contributed by atoms with van der Waals surface area (Å²) in [6, 6.07) is 0. The number of rotatable bonds is 6. The van der Waals surface area contributed by atoms with Gasteiger partial charge in [-0.1, -0.05) is 12.2 Å². The molecule has 0 spiro atoms. The van der Waals surface area contributed by atoms with E-state index in [9.17, 15) is 14.7 Å². The normalized spacial score (nSPS) is 25.4. The molecule has 2 atom stereocenters. The molecule has 4 nitrogen and oxygen atoms in total. The van der Waals surface area contributed by atoms with Crippen molar-refractivity contribution in [3.63, 3.8) is 0 Å². The van der Waals surface area contributed by atoms with E-state index in [1.165, 1.54) is 0 Å². The molecule has 0 aromatic carbocycles. The van der Waals surface area contributed by atoms with Crippen LogP contribution in [-0.2, 0) is 9.59 Å². The minimum absolute atomic E-state index is 0.0364. The van der Waals surface area contributed by atoms with Crippen LogP contribution in [0.25, 0.3) is 0 Å². The number of Topliss-reactive ketones (excluding diaryl/α,β-unsaturated/α-hetero) is 1. The maximum Gasteiger partial charge on any atom is 0.303 e. The molecule has 2 N–H and O–H groups in total. The average Bonchev–Trinajstić information content (AvgIpc) is 2.50. The zero-order valence-corrected chi connectivity index (χ0v) is 9.26. The minimum atomic E-state index is -0.775. The molecule has 16 heavy (non-hydrogen) atoms. The molecular formula is C12H18O4. The van der Waals surface area contributed by atoms with Gasteiger partial charge in [-0.25, -0.2) is 0 Å². The first-order chi connectivity index (χ1) is 7.59. The Balaban J connectivity index is 2.12. The number of carbonyl (C=O) groups is 2. The Morgan fingerprint density at radius 1 is 1.44 bits per heavy atom. The number of hydrogen-bond acceptors (Lipinski definition) is 3. The van der Waals surface area contributed by atoms with Crippen molar-refractivity contribution in [3.05, 3.63) is 12.2 Å². The molecule has 1 fully saturated rings. The fourth-order valence-corrected chi connectivity index (χ4v) is 1.92. The largest absolute Gasteiger partial charge is 0.481 e. The lowest BCUT2D eigenvalue weighted by Gasteiger charge is -2.02. The van der Waals surface area contributed by atoms with Crippen molar-refractivity contribution in [2.24, 2.45) is 5.92 Å². The van der Waals surface area contributed by atoms with Crippen LogP contribution in [0.5, 0.6) is 0 Å². The molecule has 90 valence electrons. The minimum Gasteiger partial charge on any atom is -0.481 e. The number of carboxylic acids is 1. The highest BCUT2D eigenvalue weighted by molar-refractivity contribution is 5.83. The molecule has 1 aliphatic rings. The highest BCUT2D eigenvalue weighted by Gasteiger charge is 2.29. The molecule has 0 bridgehead atoms. The third kappa shape index (κ3) is 4.57. The van der Waals surface area contributed by atoms with Crippen molar-refractivity contribution in [1.82, 2.24) is 0 Å². The van der Waals surface area contributed by atoms with Crippen LogP contribution in [-0.4, -0.2) is 28.1 Å². The number of aliphatic hydroxyl groups is 1. The van der Waals surface area contributed by atoms with Crippen molar-refractivity contribution < 1.29 is 19.8 Å². The summed E-state index contributed by atoms with van der Waals surface area (Å²) < 4.78 is 0. The molecule has 1 aliphatic carbocycles. The van der Waals surface area contributed by atoms with Crippen LogP contribution in [0.4, 0.5) is 0 Å². The molecule has 0 radical (unpaired) electrons. The Labute approximate surface area is 95.0 Å². The van der Waals surface area contributed by atoms with E-state index in [0.29, 0.717) is 19.3 Å². The summed E-state index contributed by atoms with van der Waals surface area (Å²) in [5, 5.41) is 17.7. The van der Waals surface area contributed by atoms with Gasteiger partial charge in [-0.3, -0.25) is 9.59 Å². The molecule has 1 saturated carbocycles. The monoisotopic (exact) mass is 226 g/mol. The zero-order valence-electron chi connectivity index (χ0n) is 9.26. The van der Waals surface area contributed by atoms with Crippen molar-refractivity contribution >= 4 is 11.8 Å². The highest BCUT2D eigenvalue weighted by Crippen LogP contribution is 2.25. The molecule has 0 amide bonds. The predicted octanol–water partition coefficient (Wildman–Crippen LogP) is 1.53. The van der Waals surface area contributed by atoms with Crippen LogP contribution in [0.15, 0.2) is 12.2 Å². The Hall–Kier alpha value is -1.16. The van der Waals surface area contributed by atoms with Crippen molar-refractivity contribution in [3.8, 4) is 0 Å². The third-order valence-corrected chi connectivity index (χ3v) is 2.80. The van der Waals surface area contributed by atoms with Crippen LogP contribution < -0.4 is 0 Å². The lowest BCUT2D eigenvalue weighted by Crippen LogP contribution is -2.04. The van der Waals surface area contributed by atoms with E-state index in [-0.39, 0.29) is 24.5 Å². The van der Waals surface area contributed by atoms with Gasteiger partial charge in [0, 0.05) is 18.8 Å². The van der Waals surface area contributed by atoms with Gasteiger partial charge in [-0.2, -0.15) is 0 Å². The van der Waals surface area contributed by atoms with E-state index in [0.717, 1.165) is 6.42 Å². The van der Waals surface area contributed by atoms with E-state index in [1.807, 2.05) is 12.2 Å². The number of aliphatic carboxylic acids is 1. The van der Waals surface area contributed by atoms with Gasteiger partial charge in [0.2, 0.25) is 0 Å². The van der Waals surface area contributed by atoms with Gasteiger partial charge in [0.25, 0.3) is 0 Å². The van der Waals surface area contributed by atoms with Gasteiger partial charge in [0.05, 0.1) is 6.10 Å². The average molecular weight is 226 g/mol. The number of ketones is 1. The van der Waals surface area contributed by atoms with E-state index in [2.05, 4.69) is 0 Å². The summed E-state index contributed by atoms with van der Waals surface area (Å²) in [6.07, 6.45) is 6.45. The molecular weight excluding hydrogens is 208 g/mol. The SMILES string of the molecule is O=C(O)CCCC=CCC1CC(O)CC1=O. The number of allylic oxidation sites excluding steroid dienone is 2. The third-order valence-electron chi connectivity index (χ3n) is 2.80. The second-order valence-electron chi connectivity index (χ2n) is 4.25. The molecule has 4 heteroatoms. The lowest BCUT2D eigenvalue weighted by molar-refractivity contribution is -0.137. The zero-order chi connectivity index (χ0) is 12.0. The quantitative estimate of drug-likeness (QED) is 0.532. The van der Waals surface area contributed by atoms with Gasteiger partial charge in [-0.15, -0.1) is 0 Å². The molecule has 0 aliphatic heterocycles. The first-order valence-corrected chi connectivity index (χ1v) is 5.67. The van der Waals surface area contributed by atoms with Crippen LogP contribution in [0, 0.1) is 5.92 Å². The molecule has 0 saturated heterocycles. The van der Waals surface area contributed by atoms with Gasteiger partial charge in [-0.05, 0) is 25.7 Å². The summed E-state index contributed by atoms with van der Waals surface area (Å²) in [5.41, 5.74) is 0. The van der Waals surface area contributed by atoms with Gasteiger partial charge in [0.1, 0.15) is 5.78 Å². The standard InChI is InChI=1S/C12H18O4/c13-10-7-9(11(14)8-10)5-3-1-2-4-6-12(15)16/h1,3,9-10,13H,2,4-8H2,(H,15,16). The van der Waals surface area contributed by atoms with Crippen LogP contribution in [0.2, 0.25) is 0 Å². The second-order valence-corrected chi connectivity index (χ2v) is 4.25. The molecule has 0 aromatic heterocycles. The van der Waals surface area contributed by atoms with Crippen LogP contribution >= 0.6 is 0 Å². The maximum absolute atomic E-state index is 11.3. The summed E-state index contributed by atoms with van der Waals surface area (Å²) in [4.78, 5) is 21.5. The lowest BCUT2D eigenvalue weighted by atomic mass is 10.0. The number of aliphatic hydroxyl groups excluding tert-OH is 1. The second kappa shape index (κ2) is 6.43. The van der Waals surface area contributed by atoms with E-state index in [1.54, 1.807) is 0 Å². The first-order valence-electron chi connectivity index (χ1n) is 5.67. The van der Waals surface area contributed by atoms with E-state index < -0.39 is 12.1 Å². The van der Waals surface area contributed by atoms with Crippen LogP contribution in [0.1, 0.15) is 38.5 Å². The first kappa shape index (κ1) is 12.9. The summed E-state index contributed by atoms with van der Waals surface area (Å²) in [5.74, 6) is -0.670. The fourth-order valence-electron chi connectivity index (χ4n) is 1.92. The maximum atomic E-state index is 11.3. The molecule has 2 unspecified atom stereocenters. The highest BCUT2D eigenvalue weighted by atomic mass is 16.4. The summed E-state index contributed by atoms with van der Waals surface area (Å²) >= 11 is 0. The fraction of sp³-hybridized carbons (Fsp3) is 0.667. The van der Waals surface area contributed by atoms with Gasteiger partial charge >= 0.3 is 5.97 Å². The van der Waals surface area contributed by atoms with Crippen molar-refractivity contribution in [2.45, 2.75) is 44.6 Å². The Morgan fingerprint density at radius 3 is 2.75 bits per heavy atom. The van der Waals surface area contributed by atoms with E-state index in [4.69, 9.17) is 5.11 Å². The molecule has 0 aromatic rings. The summed E-state index contributed by atoms with van der Waals surface area (Å²) in [7, 11) is 0.